The van der Waals surface area contributed by atoms with E-state index >= 15 is 0 Å². The van der Waals surface area contributed by atoms with Crippen molar-refractivity contribution in [3.8, 4) is 0 Å². The highest BCUT2D eigenvalue weighted by atomic mass is 32.1. The molecule has 1 aromatic heterocycles. The van der Waals surface area contributed by atoms with Gasteiger partial charge >= 0.3 is 0 Å². The van der Waals surface area contributed by atoms with Crippen molar-refractivity contribution in [3.05, 3.63) is 41.2 Å². The fourth-order valence-electron chi connectivity index (χ4n) is 1.41. The molecular weight excluding hydrogens is 234 g/mol. The van der Waals surface area contributed by atoms with Gasteiger partial charge in [-0.05, 0) is 11.1 Å². The molecule has 90 valence electrons. The van der Waals surface area contributed by atoms with Gasteiger partial charge in [-0.2, -0.15) is 4.37 Å². The van der Waals surface area contributed by atoms with Crippen LogP contribution in [0.3, 0.4) is 0 Å². The summed E-state index contributed by atoms with van der Waals surface area (Å²) >= 11 is 1.39. The number of nitrogens with one attached hydrogen (secondary N) is 1. The van der Waals surface area contributed by atoms with Gasteiger partial charge in [-0.25, -0.2) is 4.98 Å². The van der Waals surface area contributed by atoms with E-state index in [4.69, 9.17) is 5.11 Å². The molecule has 0 radical (unpaired) electrons. The van der Waals surface area contributed by atoms with Crippen LogP contribution in [0.1, 0.15) is 23.9 Å². The quantitative estimate of drug-likeness (QED) is 0.853. The van der Waals surface area contributed by atoms with Crippen molar-refractivity contribution < 1.29 is 5.11 Å². The Hall–Kier alpha value is -1.46. The minimum atomic E-state index is 0.0873. The van der Waals surface area contributed by atoms with Crippen LogP contribution in [0.25, 0.3) is 0 Å². The fraction of sp³-hybridized carbons (Fsp3) is 0.333. The molecule has 0 aliphatic heterocycles. The van der Waals surface area contributed by atoms with Crippen molar-refractivity contribution in [1.29, 1.82) is 0 Å². The Kier molecular flexibility index (Phi) is 4.06. The summed E-state index contributed by atoms with van der Waals surface area (Å²) in [6.07, 6.45) is 0.864. The monoisotopic (exact) mass is 249 g/mol. The van der Waals surface area contributed by atoms with E-state index in [2.05, 4.69) is 14.7 Å². The number of aryl methyl sites for hydroxylation is 1. The number of benzene rings is 1. The first-order chi connectivity index (χ1) is 8.31. The van der Waals surface area contributed by atoms with Gasteiger partial charge in [0.1, 0.15) is 5.82 Å². The summed E-state index contributed by atoms with van der Waals surface area (Å²) in [6, 6.07) is 7.85. The fourth-order valence-corrected chi connectivity index (χ4v) is 2.05. The Morgan fingerprint density at radius 3 is 2.53 bits per heavy atom. The second-order valence-electron chi connectivity index (χ2n) is 3.70. The van der Waals surface area contributed by atoms with Crippen LogP contribution < -0.4 is 5.32 Å². The molecule has 0 bridgehead atoms. The van der Waals surface area contributed by atoms with E-state index in [-0.39, 0.29) is 6.61 Å². The highest BCUT2D eigenvalue weighted by Gasteiger charge is 2.01. The zero-order valence-electron chi connectivity index (χ0n) is 9.68. The van der Waals surface area contributed by atoms with Crippen LogP contribution in [0.15, 0.2) is 24.3 Å². The predicted octanol–water partition coefficient (Wildman–Crippen LogP) is 2.20. The molecule has 2 N–H and O–H groups in total. The molecule has 2 rings (SSSR count). The van der Waals surface area contributed by atoms with E-state index in [1.807, 2.05) is 31.2 Å². The minimum Gasteiger partial charge on any atom is -0.392 e. The molecule has 0 aliphatic carbocycles. The van der Waals surface area contributed by atoms with Crippen LogP contribution in [0, 0.1) is 0 Å². The van der Waals surface area contributed by atoms with Crippen molar-refractivity contribution in [2.45, 2.75) is 26.5 Å². The van der Waals surface area contributed by atoms with Crippen LogP contribution in [0.5, 0.6) is 0 Å². The normalized spacial score (nSPS) is 10.5. The summed E-state index contributed by atoms with van der Waals surface area (Å²) < 4.78 is 4.21. The van der Waals surface area contributed by atoms with Crippen LogP contribution >= 0.6 is 11.5 Å². The lowest BCUT2D eigenvalue weighted by Gasteiger charge is -2.03. The molecular formula is C12H15N3OS. The Morgan fingerprint density at radius 2 is 1.94 bits per heavy atom. The maximum atomic E-state index is 8.93. The van der Waals surface area contributed by atoms with E-state index in [1.54, 1.807) is 0 Å². The van der Waals surface area contributed by atoms with E-state index in [9.17, 15) is 0 Å². The first kappa shape index (κ1) is 12.0. The van der Waals surface area contributed by atoms with Gasteiger partial charge < -0.3 is 10.4 Å². The second-order valence-corrected chi connectivity index (χ2v) is 4.45. The summed E-state index contributed by atoms with van der Waals surface area (Å²) in [4.78, 5) is 4.33. The van der Waals surface area contributed by atoms with E-state index in [1.165, 1.54) is 11.5 Å². The Balaban J connectivity index is 1.92. The van der Waals surface area contributed by atoms with E-state index in [0.29, 0.717) is 0 Å². The van der Waals surface area contributed by atoms with Gasteiger partial charge in [0.25, 0.3) is 0 Å². The highest BCUT2D eigenvalue weighted by molar-refractivity contribution is 7.09. The molecule has 0 saturated heterocycles. The molecule has 17 heavy (non-hydrogen) atoms. The first-order valence-corrected chi connectivity index (χ1v) is 6.34. The number of anilines is 1. The third-order valence-electron chi connectivity index (χ3n) is 2.43. The van der Waals surface area contributed by atoms with Gasteiger partial charge in [-0.1, -0.05) is 31.2 Å². The van der Waals surface area contributed by atoms with Gasteiger partial charge in [0.05, 0.1) is 6.61 Å². The lowest BCUT2D eigenvalue weighted by atomic mass is 10.1. The summed E-state index contributed by atoms with van der Waals surface area (Å²) in [7, 11) is 0. The maximum Gasteiger partial charge on any atom is 0.202 e. The van der Waals surface area contributed by atoms with Crippen molar-refractivity contribution >= 4 is 16.7 Å². The summed E-state index contributed by atoms with van der Waals surface area (Å²) in [5.74, 6) is 0.883. The number of aliphatic hydroxyl groups excluding tert-OH is 1. The second kappa shape index (κ2) is 5.75. The lowest BCUT2D eigenvalue weighted by molar-refractivity contribution is 0.282. The number of hydrogen-bond donors (Lipinski definition) is 2. The molecule has 2 aromatic rings. The van der Waals surface area contributed by atoms with Gasteiger partial charge in [-0.15, -0.1) is 0 Å². The van der Waals surface area contributed by atoms with E-state index < -0.39 is 0 Å². The number of aliphatic hydroxyl groups is 1. The van der Waals surface area contributed by atoms with Crippen LogP contribution in [-0.4, -0.2) is 14.5 Å². The zero-order valence-corrected chi connectivity index (χ0v) is 10.5. The minimum absolute atomic E-state index is 0.0873. The molecule has 0 aliphatic rings. The molecule has 0 spiro atoms. The number of nitrogens with zero attached hydrogens (tertiary/aromatic N) is 2. The summed E-state index contributed by atoms with van der Waals surface area (Å²) in [5, 5.41) is 13.0. The Labute approximate surface area is 105 Å². The summed E-state index contributed by atoms with van der Waals surface area (Å²) in [5.41, 5.74) is 2.09. The lowest BCUT2D eigenvalue weighted by Crippen LogP contribution is -1.99. The van der Waals surface area contributed by atoms with Gasteiger partial charge in [0, 0.05) is 24.5 Å². The Morgan fingerprint density at radius 1 is 1.24 bits per heavy atom. The number of hydrogen-bond acceptors (Lipinski definition) is 5. The standard InChI is InChI=1S/C12H15N3OS/c1-2-11-14-12(17-15-11)13-7-9-3-5-10(8-16)6-4-9/h3-6,16H,2,7-8H2,1H3,(H,13,14,15). The smallest absolute Gasteiger partial charge is 0.202 e. The molecule has 0 saturated carbocycles. The first-order valence-electron chi connectivity index (χ1n) is 5.57. The van der Waals surface area contributed by atoms with Crippen molar-refractivity contribution in [3.63, 3.8) is 0 Å². The maximum absolute atomic E-state index is 8.93. The van der Waals surface area contributed by atoms with Gasteiger partial charge in [-0.3, -0.25) is 0 Å². The average molecular weight is 249 g/mol. The third kappa shape index (κ3) is 3.25. The van der Waals surface area contributed by atoms with Crippen LogP contribution in [0.4, 0.5) is 5.13 Å². The average Bonchev–Trinajstić information content (AvgIpc) is 2.85. The third-order valence-corrected chi connectivity index (χ3v) is 3.14. The largest absolute Gasteiger partial charge is 0.392 e. The molecule has 0 amide bonds. The van der Waals surface area contributed by atoms with E-state index in [0.717, 1.165) is 35.0 Å². The van der Waals surface area contributed by atoms with Gasteiger partial charge in [0.2, 0.25) is 5.13 Å². The zero-order chi connectivity index (χ0) is 12.1. The van der Waals surface area contributed by atoms with Crippen molar-refractivity contribution in [1.82, 2.24) is 9.36 Å². The topological polar surface area (TPSA) is 58.0 Å². The van der Waals surface area contributed by atoms with Crippen LogP contribution in [-0.2, 0) is 19.6 Å². The summed E-state index contributed by atoms with van der Waals surface area (Å²) in [6.45, 7) is 2.85. The van der Waals surface area contributed by atoms with Gasteiger partial charge in [0.15, 0.2) is 0 Å². The van der Waals surface area contributed by atoms with Crippen LogP contribution in [0.2, 0.25) is 0 Å². The Bertz CT molecular complexity index is 467. The van der Waals surface area contributed by atoms with Crippen molar-refractivity contribution in [2.75, 3.05) is 5.32 Å². The molecule has 0 fully saturated rings. The number of rotatable bonds is 5. The van der Waals surface area contributed by atoms with Crippen molar-refractivity contribution in [2.24, 2.45) is 0 Å². The molecule has 4 nitrogen and oxygen atoms in total. The number of aromatic nitrogens is 2. The SMILES string of the molecule is CCc1nsc(NCc2ccc(CO)cc2)n1. The molecule has 0 atom stereocenters. The molecule has 1 heterocycles. The molecule has 1 aromatic carbocycles. The molecule has 5 heteroatoms. The predicted molar refractivity (Wildman–Crippen MR) is 69.0 cm³/mol. The molecule has 0 unspecified atom stereocenters. The highest BCUT2D eigenvalue weighted by Crippen LogP contribution is 2.13.